The van der Waals surface area contributed by atoms with Crippen molar-refractivity contribution in [2.24, 2.45) is 11.8 Å². The Hall–Kier alpha value is -0.570. The van der Waals surface area contributed by atoms with E-state index < -0.39 is 0 Å². The first kappa shape index (κ1) is 9.52. The average molecular weight is 171 g/mol. The molecule has 3 atom stereocenters. The summed E-state index contributed by atoms with van der Waals surface area (Å²) in [5.74, 6) is 0.670. The van der Waals surface area contributed by atoms with Gasteiger partial charge in [0.1, 0.15) is 0 Å². The predicted molar refractivity (Wildman–Crippen MR) is 46.7 cm³/mol. The number of β-lactam (4-membered cyclic amide) rings is 1. The predicted octanol–water partition coefficient (Wildman–Crippen LogP) is 0.792. The molecule has 1 saturated heterocycles. The molecule has 0 aliphatic carbocycles. The third kappa shape index (κ3) is 1.46. The molecular weight excluding hydrogens is 154 g/mol. The van der Waals surface area contributed by atoms with E-state index in [1.165, 1.54) is 0 Å². The molecule has 1 N–H and O–H groups in total. The van der Waals surface area contributed by atoms with Gasteiger partial charge in [-0.1, -0.05) is 13.8 Å². The highest BCUT2D eigenvalue weighted by Gasteiger charge is 2.44. The van der Waals surface area contributed by atoms with Crippen LogP contribution in [0.2, 0.25) is 0 Å². The molecule has 12 heavy (non-hydrogen) atoms. The Morgan fingerprint density at radius 3 is 2.33 bits per heavy atom. The third-order valence-electron chi connectivity index (χ3n) is 2.59. The van der Waals surface area contributed by atoms with Crippen LogP contribution in [0, 0.1) is 11.8 Å². The Kier molecular flexibility index (Phi) is 2.73. The fourth-order valence-corrected chi connectivity index (χ4v) is 1.65. The minimum atomic E-state index is 0.0335. The number of amides is 1. The molecule has 1 aliphatic rings. The Morgan fingerprint density at radius 1 is 1.42 bits per heavy atom. The lowest BCUT2D eigenvalue weighted by Gasteiger charge is -2.42. The van der Waals surface area contributed by atoms with Crippen molar-refractivity contribution in [2.75, 3.05) is 7.11 Å². The monoisotopic (exact) mass is 171 g/mol. The van der Waals surface area contributed by atoms with Crippen molar-refractivity contribution in [3.63, 3.8) is 0 Å². The van der Waals surface area contributed by atoms with Crippen molar-refractivity contribution < 1.29 is 9.53 Å². The lowest BCUT2D eigenvalue weighted by atomic mass is 9.79. The second-order valence-corrected chi connectivity index (χ2v) is 3.74. The number of carbonyl (C=O) groups excluding carboxylic acids is 1. The van der Waals surface area contributed by atoms with Gasteiger partial charge in [-0.25, -0.2) is 0 Å². The van der Waals surface area contributed by atoms with Crippen LogP contribution in [0.1, 0.15) is 20.8 Å². The van der Waals surface area contributed by atoms with E-state index in [9.17, 15) is 4.79 Å². The fraction of sp³-hybridized carbons (Fsp3) is 0.889. The second-order valence-electron chi connectivity index (χ2n) is 3.74. The van der Waals surface area contributed by atoms with E-state index in [4.69, 9.17) is 4.74 Å². The minimum absolute atomic E-state index is 0.0335. The summed E-state index contributed by atoms with van der Waals surface area (Å²) in [7, 11) is 1.65. The van der Waals surface area contributed by atoms with Gasteiger partial charge in [0.2, 0.25) is 5.91 Å². The first-order valence-electron chi connectivity index (χ1n) is 4.41. The van der Waals surface area contributed by atoms with E-state index >= 15 is 0 Å². The highest BCUT2D eigenvalue weighted by atomic mass is 16.5. The molecule has 1 heterocycles. The Labute approximate surface area is 73.5 Å². The lowest BCUT2D eigenvalue weighted by Crippen LogP contribution is -2.64. The number of methoxy groups -OCH3 is 1. The molecule has 0 saturated carbocycles. The van der Waals surface area contributed by atoms with E-state index in [2.05, 4.69) is 19.2 Å². The van der Waals surface area contributed by atoms with Crippen molar-refractivity contribution in [3.05, 3.63) is 0 Å². The van der Waals surface area contributed by atoms with Crippen molar-refractivity contribution in [3.8, 4) is 0 Å². The fourth-order valence-electron chi connectivity index (χ4n) is 1.65. The summed E-state index contributed by atoms with van der Waals surface area (Å²) in [5, 5.41) is 2.89. The standard InChI is InChI=1S/C9H17NO2/c1-5(2)8-7(6(3)12-4)9(11)10-8/h5-8H,1-4H3,(H,10,11)/t6?,7-,8?/m1/s1. The number of hydrogen-bond donors (Lipinski definition) is 1. The van der Waals surface area contributed by atoms with Crippen LogP contribution in [0.4, 0.5) is 0 Å². The van der Waals surface area contributed by atoms with Crippen molar-refractivity contribution in [1.82, 2.24) is 5.32 Å². The van der Waals surface area contributed by atoms with Crippen LogP contribution in [0.3, 0.4) is 0 Å². The molecule has 0 aromatic rings. The van der Waals surface area contributed by atoms with Crippen molar-refractivity contribution >= 4 is 5.91 Å². The summed E-state index contributed by atoms with van der Waals surface area (Å²) in [6.45, 7) is 6.16. The van der Waals surface area contributed by atoms with Crippen molar-refractivity contribution in [2.45, 2.75) is 32.9 Å². The number of ether oxygens (including phenoxy) is 1. The quantitative estimate of drug-likeness (QED) is 0.638. The molecule has 0 radical (unpaired) electrons. The SMILES string of the molecule is COC(C)[C@H]1C(=O)NC1C(C)C. The van der Waals surface area contributed by atoms with Gasteiger partial charge < -0.3 is 10.1 Å². The van der Waals surface area contributed by atoms with Gasteiger partial charge in [-0.2, -0.15) is 0 Å². The summed E-state index contributed by atoms with van der Waals surface area (Å²) in [4.78, 5) is 11.2. The molecule has 1 amide bonds. The summed E-state index contributed by atoms with van der Waals surface area (Å²) >= 11 is 0. The first-order chi connectivity index (χ1) is 5.57. The average Bonchev–Trinajstić information content (AvgIpc) is 1.99. The summed E-state index contributed by atoms with van der Waals surface area (Å²) < 4.78 is 5.14. The van der Waals surface area contributed by atoms with Gasteiger partial charge in [-0.3, -0.25) is 4.79 Å². The van der Waals surface area contributed by atoms with Gasteiger partial charge in [0, 0.05) is 13.2 Å². The van der Waals surface area contributed by atoms with Crippen molar-refractivity contribution in [1.29, 1.82) is 0 Å². The zero-order valence-corrected chi connectivity index (χ0v) is 8.13. The molecular formula is C9H17NO2. The minimum Gasteiger partial charge on any atom is -0.381 e. The molecule has 2 unspecified atom stereocenters. The maximum Gasteiger partial charge on any atom is 0.228 e. The molecule has 1 rings (SSSR count). The largest absolute Gasteiger partial charge is 0.381 e. The van der Waals surface area contributed by atoms with Gasteiger partial charge >= 0.3 is 0 Å². The zero-order chi connectivity index (χ0) is 9.30. The van der Waals surface area contributed by atoms with Gasteiger partial charge in [-0.15, -0.1) is 0 Å². The van der Waals surface area contributed by atoms with E-state index in [0.29, 0.717) is 12.0 Å². The smallest absolute Gasteiger partial charge is 0.228 e. The summed E-state index contributed by atoms with van der Waals surface area (Å²) in [6, 6.07) is 0.299. The molecule has 3 heteroatoms. The molecule has 0 aromatic carbocycles. The molecule has 1 aliphatic heterocycles. The molecule has 0 spiro atoms. The van der Waals surface area contributed by atoms with Gasteiger partial charge in [-0.05, 0) is 12.8 Å². The van der Waals surface area contributed by atoms with Crippen LogP contribution in [0.5, 0.6) is 0 Å². The van der Waals surface area contributed by atoms with Crippen LogP contribution in [-0.4, -0.2) is 25.2 Å². The maximum absolute atomic E-state index is 11.2. The van der Waals surface area contributed by atoms with Crippen LogP contribution < -0.4 is 5.32 Å². The number of rotatable bonds is 3. The number of nitrogens with one attached hydrogen (secondary N) is 1. The van der Waals surface area contributed by atoms with E-state index in [1.807, 2.05) is 6.92 Å². The molecule has 1 fully saturated rings. The summed E-state index contributed by atoms with van der Waals surface area (Å²) in [6.07, 6.45) is 0.0335. The maximum atomic E-state index is 11.2. The number of hydrogen-bond acceptors (Lipinski definition) is 2. The highest BCUT2D eigenvalue weighted by molar-refractivity contribution is 5.86. The zero-order valence-electron chi connectivity index (χ0n) is 8.13. The van der Waals surface area contributed by atoms with Gasteiger partial charge in [0.15, 0.2) is 0 Å². The molecule has 70 valence electrons. The van der Waals surface area contributed by atoms with E-state index in [-0.39, 0.29) is 17.9 Å². The van der Waals surface area contributed by atoms with Crippen LogP contribution in [0.15, 0.2) is 0 Å². The Morgan fingerprint density at radius 2 is 2.00 bits per heavy atom. The van der Waals surface area contributed by atoms with E-state index in [1.54, 1.807) is 7.11 Å². The normalized spacial score (nSPS) is 31.2. The molecule has 0 aromatic heterocycles. The second kappa shape index (κ2) is 3.44. The van der Waals surface area contributed by atoms with Crippen LogP contribution in [-0.2, 0) is 9.53 Å². The molecule has 3 nitrogen and oxygen atoms in total. The lowest BCUT2D eigenvalue weighted by molar-refractivity contribution is -0.143. The number of carbonyl (C=O) groups is 1. The van der Waals surface area contributed by atoms with E-state index in [0.717, 1.165) is 0 Å². The van der Waals surface area contributed by atoms with Gasteiger partial charge in [0.05, 0.1) is 12.0 Å². The third-order valence-corrected chi connectivity index (χ3v) is 2.59. The van der Waals surface area contributed by atoms with Crippen LogP contribution >= 0.6 is 0 Å². The first-order valence-corrected chi connectivity index (χ1v) is 4.41. The summed E-state index contributed by atoms with van der Waals surface area (Å²) in [5.41, 5.74) is 0. The van der Waals surface area contributed by atoms with Crippen LogP contribution in [0.25, 0.3) is 0 Å². The topological polar surface area (TPSA) is 38.3 Å². The highest BCUT2D eigenvalue weighted by Crippen LogP contribution is 2.26. The van der Waals surface area contributed by atoms with Gasteiger partial charge in [0.25, 0.3) is 0 Å². The Bertz CT molecular complexity index is 179. The Balaban J connectivity index is 2.55. The molecule has 0 bridgehead atoms.